The second-order valence-corrected chi connectivity index (χ2v) is 5.12. The predicted molar refractivity (Wildman–Crippen MR) is 89.1 cm³/mol. The van der Waals surface area contributed by atoms with Gasteiger partial charge in [0, 0.05) is 25.0 Å². The summed E-state index contributed by atoms with van der Waals surface area (Å²) >= 11 is 0. The zero-order valence-electron chi connectivity index (χ0n) is 12.9. The van der Waals surface area contributed by atoms with Gasteiger partial charge in [-0.1, -0.05) is 37.3 Å². The molecule has 0 heterocycles. The first-order valence-electron chi connectivity index (χ1n) is 7.31. The van der Waals surface area contributed by atoms with Gasteiger partial charge < -0.3 is 10.2 Å². The summed E-state index contributed by atoms with van der Waals surface area (Å²) in [5.74, 6) is 0.00324. The Morgan fingerprint density at radius 1 is 1.10 bits per heavy atom. The number of anilines is 2. The van der Waals surface area contributed by atoms with Crippen LogP contribution in [0.2, 0.25) is 0 Å². The van der Waals surface area contributed by atoms with Gasteiger partial charge in [-0.3, -0.25) is 4.79 Å². The molecular formula is C18H22N2O. The van der Waals surface area contributed by atoms with Gasteiger partial charge in [-0.15, -0.1) is 0 Å². The number of amides is 1. The quantitative estimate of drug-likeness (QED) is 0.895. The standard InChI is InChI=1S/C18H22N2O/c1-4-13-19-16-11-7-6-10-15(16)18(21)20(3)17-12-8-5-9-14(17)2/h5-12,19H,4,13H2,1-3H3. The Kier molecular flexibility index (Phi) is 4.99. The van der Waals surface area contributed by atoms with Gasteiger partial charge >= 0.3 is 0 Å². The Morgan fingerprint density at radius 3 is 2.48 bits per heavy atom. The maximum atomic E-state index is 12.8. The zero-order chi connectivity index (χ0) is 15.2. The van der Waals surface area contributed by atoms with Gasteiger partial charge in [0.05, 0.1) is 5.56 Å². The van der Waals surface area contributed by atoms with Crippen molar-refractivity contribution in [2.75, 3.05) is 23.8 Å². The molecule has 2 aromatic rings. The van der Waals surface area contributed by atoms with Crippen molar-refractivity contribution >= 4 is 17.3 Å². The van der Waals surface area contributed by atoms with Gasteiger partial charge in [0.15, 0.2) is 0 Å². The molecule has 0 aliphatic rings. The molecule has 0 aromatic heterocycles. The maximum absolute atomic E-state index is 12.8. The van der Waals surface area contributed by atoms with Gasteiger partial charge in [0.1, 0.15) is 0 Å². The second-order valence-electron chi connectivity index (χ2n) is 5.12. The topological polar surface area (TPSA) is 32.3 Å². The normalized spacial score (nSPS) is 10.2. The largest absolute Gasteiger partial charge is 0.384 e. The molecule has 0 fully saturated rings. The fraction of sp³-hybridized carbons (Fsp3) is 0.278. The summed E-state index contributed by atoms with van der Waals surface area (Å²) in [6, 6.07) is 15.6. The van der Waals surface area contributed by atoms with Crippen molar-refractivity contribution in [3.63, 3.8) is 0 Å². The molecule has 0 saturated heterocycles. The maximum Gasteiger partial charge on any atom is 0.260 e. The minimum atomic E-state index is 0.00324. The van der Waals surface area contributed by atoms with E-state index in [0.29, 0.717) is 5.56 Å². The van der Waals surface area contributed by atoms with E-state index in [1.807, 2.05) is 62.5 Å². The van der Waals surface area contributed by atoms with E-state index in [9.17, 15) is 4.79 Å². The fourth-order valence-corrected chi connectivity index (χ4v) is 2.31. The summed E-state index contributed by atoms with van der Waals surface area (Å²) < 4.78 is 0. The van der Waals surface area contributed by atoms with Crippen LogP contribution in [-0.2, 0) is 0 Å². The molecule has 21 heavy (non-hydrogen) atoms. The molecule has 0 atom stereocenters. The molecule has 0 unspecified atom stereocenters. The number of carbonyl (C=O) groups is 1. The molecule has 0 saturated carbocycles. The van der Waals surface area contributed by atoms with E-state index in [2.05, 4.69) is 12.2 Å². The van der Waals surface area contributed by atoms with Crippen molar-refractivity contribution in [2.24, 2.45) is 0 Å². The molecule has 0 bridgehead atoms. The minimum absolute atomic E-state index is 0.00324. The van der Waals surface area contributed by atoms with Gasteiger partial charge in [0.25, 0.3) is 5.91 Å². The molecule has 2 aromatic carbocycles. The Balaban J connectivity index is 2.30. The Labute approximate surface area is 126 Å². The first-order chi connectivity index (χ1) is 10.1. The highest BCUT2D eigenvalue weighted by Crippen LogP contribution is 2.23. The number of nitrogens with one attached hydrogen (secondary N) is 1. The summed E-state index contributed by atoms with van der Waals surface area (Å²) in [6.07, 6.45) is 1.02. The average Bonchev–Trinajstić information content (AvgIpc) is 2.52. The highest BCUT2D eigenvalue weighted by molar-refractivity contribution is 6.09. The van der Waals surface area contributed by atoms with Crippen LogP contribution in [0.15, 0.2) is 48.5 Å². The molecule has 0 spiro atoms. The monoisotopic (exact) mass is 282 g/mol. The van der Waals surface area contributed by atoms with Crippen molar-refractivity contribution in [1.29, 1.82) is 0 Å². The smallest absolute Gasteiger partial charge is 0.260 e. The Morgan fingerprint density at radius 2 is 1.76 bits per heavy atom. The third-order valence-corrected chi connectivity index (χ3v) is 3.50. The lowest BCUT2D eigenvalue weighted by Crippen LogP contribution is -2.27. The van der Waals surface area contributed by atoms with Crippen LogP contribution in [0.5, 0.6) is 0 Å². The van der Waals surface area contributed by atoms with Crippen LogP contribution in [0.3, 0.4) is 0 Å². The fourth-order valence-electron chi connectivity index (χ4n) is 2.31. The van der Waals surface area contributed by atoms with Gasteiger partial charge in [0.2, 0.25) is 0 Å². The van der Waals surface area contributed by atoms with Crippen molar-refractivity contribution in [2.45, 2.75) is 20.3 Å². The number of para-hydroxylation sites is 2. The second kappa shape index (κ2) is 6.93. The van der Waals surface area contributed by atoms with E-state index < -0.39 is 0 Å². The summed E-state index contributed by atoms with van der Waals surface area (Å²) in [7, 11) is 1.82. The van der Waals surface area contributed by atoms with Crippen molar-refractivity contribution in [3.8, 4) is 0 Å². The number of hydrogen-bond acceptors (Lipinski definition) is 2. The Bertz CT molecular complexity index is 622. The SMILES string of the molecule is CCCNc1ccccc1C(=O)N(C)c1ccccc1C. The highest BCUT2D eigenvalue weighted by atomic mass is 16.2. The highest BCUT2D eigenvalue weighted by Gasteiger charge is 2.17. The molecule has 3 nitrogen and oxygen atoms in total. The van der Waals surface area contributed by atoms with Crippen LogP contribution in [-0.4, -0.2) is 19.5 Å². The number of benzene rings is 2. The number of rotatable bonds is 5. The van der Waals surface area contributed by atoms with Crippen molar-refractivity contribution < 1.29 is 4.79 Å². The molecule has 0 aliphatic carbocycles. The van der Waals surface area contributed by atoms with Crippen molar-refractivity contribution in [1.82, 2.24) is 0 Å². The summed E-state index contributed by atoms with van der Waals surface area (Å²) in [4.78, 5) is 14.5. The lowest BCUT2D eigenvalue weighted by Gasteiger charge is -2.21. The number of aryl methyl sites for hydroxylation is 1. The third-order valence-electron chi connectivity index (χ3n) is 3.50. The molecule has 0 radical (unpaired) electrons. The van der Waals surface area contributed by atoms with Crippen LogP contribution in [0.4, 0.5) is 11.4 Å². The molecule has 0 aliphatic heterocycles. The molecule has 1 amide bonds. The van der Waals surface area contributed by atoms with E-state index in [1.165, 1.54) is 0 Å². The predicted octanol–water partition coefficient (Wildman–Crippen LogP) is 4.09. The van der Waals surface area contributed by atoms with Crippen LogP contribution in [0.1, 0.15) is 29.3 Å². The zero-order valence-corrected chi connectivity index (χ0v) is 12.9. The van der Waals surface area contributed by atoms with E-state index >= 15 is 0 Å². The van der Waals surface area contributed by atoms with Gasteiger partial charge in [-0.2, -0.15) is 0 Å². The molecular weight excluding hydrogens is 260 g/mol. The van der Waals surface area contributed by atoms with Crippen LogP contribution < -0.4 is 10.2 Å². The molecule has 3 heteroatoms. The lowest BCUT2D eigenvalue weighted by atomic mass is 10.1. The summed E-state index contributed by atoms with van der Waals surface area (Å²) in [5, 5.41) is 3.32. The van der Waals surface area contributed by atoms with Gasteiger partial charge in [-0.05, 0) is 37.1 Å². The lowest BCUT2D eigenvalue weighted by molar-refractivity contribution is 0.0993. The van der Waals surface area contributed by atoms with Gasteiger partial charge in [-0.25, -0.2) is 0 Å². The number of nitrogens with zero attached hydrogens (tertiary/aromatic N) is 1. The minimum Gasteiger partial charge on any atom is -0.384 e. The number of hydrogen-bond donors (Lipinski definition) is 1. The molecule has 1 N–H and O–H groups in total. The van der Waals surface area contributed by atoms with E-state index in [1.54, 1.807) is 4.90 Å². The van der Waals surface area contributed by atoms with E-state index in [-0.39, 0.29) is 5.91 Å². The number of carbonyl (C=O) groups excluding carboxylic acids is 1. The average molecular weight is 282 g/mol. The molecule has 2 rings (SSSR count). The molecule has 110 valence electrons. The van der Waals surface area contributed by atoms with Crippen LogP contribution in [0, 0.1) is 6.92 Å². The van der Waals surface area contributed by atoms with Crippen molar-refractivity contribution in [3.05, 3.63) is 59.7 Å². The van der Waals surface area contributed by atoms with E-state index in [0.717, 1.165) is 29.9 Å². The van der Waals surface area contributed by atoms with Crippen LogP contribution in [0.25, 0.3) is 0 Å². The first kappa shape index (κ1) is 15.1. The summed E-state index contributed by atoms with van der Waals surface area (Å²) in [5.41, 5.74) is 3.63. The Hall–Kier alpha value is -2.29. The van der Waals surface area contributed by atoms with E-state index in [4.69, 9.17) is 0 Å². The third kappa shape index (κ3) is 3.43. The first-order valence-corrected chi connectivity index (χ1v) is 7.31. The summed E-state index contributed by atoms with van der Waals surface area (Å²) in [6.45, 7) is 4.98. The van der Waals surface area contributed by atoms with Crippen LogP contribution >= 0.6 is 0 Å².